The van der Waals surface area contributed by atoms with Crippen LogP contribution in [0.3, 0.4) is 0 Å². The Balaban J connectivity index is 2.05. The third-order valence-electron chi connectivity index (χ3n) is 2.60. The van der Waals surface area contributed by atoms with Crippen molar-refractivity contribution in [2.45, 2.75) is 13.0 Å². The maximum Gasteiger partial charge on any atom is 0.308 e. The van der Waals surface area contributed by atoms with Gasteiger partial charge in [-0.15, -0.1) is 11.3 Å². The van der Waals surface area contributed by atoms with E-state index in [0.717, 1.165) is 9.75 Å². The zero-order chi connectivity index (χ0) is 14.5. The summed E-state index contributed by atoms with van der Waals surface area (Å²) in [4.78, 5) is 12.4. The van der Waals surface area contributed by atoms with Gasteiger partial charge in [0, 0.05) is 21.3 Å². The van der Waals surface area contributed by atoms with Crippen molar-refractivity contribution in [3.63, 3.8) is 0 Å². The van der Waals surface area contributed by atoms with Crippen molar-refractivity contribution >= 4 is 34.6 Å². The van der Waals surface area contributed by atoms with E-state index in [0.29, 0.717) is 22.8 Å². The summed E-state index contributed by atoms with van der Waals surface area (Å²) in [6.07, 6.45) is 0.0330. The first-order valence-electron chi connectivity index (χ1n) is 5.81. The average molecular weight is 307 g/mol. The summed E-state index contributed by atoms with van der Waals surface area (Å²) in [7, 11) is 0. The van der Waals surface area contributed by atoms with Crippen LogP contribution in [0.5, 0.6) is 0 Å². The van der Waals surface area contributed by atoms with Gasteiger partial charge in [0.2, 0.25) is 0 Å². The molecule has 1 aromatic carbocycles. The molecule has 1 heterocycles. The van der Waals surface area contributed by atoms with Crippen molar-refractivity contribution in [2.75, 3.05) is 5.32 Å². The lowest BCUT2D eigenvalue weighted by atomic mass is 10.2. The first-order valence-corrected chi connectivity index (χ1v) is 7.01. The normalized spacial score (nSPS) is 10.0. The van der Waals surface area contributed by atoms with Crippen molar-refractivity contribution in [1.29, 1.82) is 5.26 Å². The highest BCUT2D eigenvalue weighted by Gasteiger charge is 2.06. The largest absolute Gasteiger partial charge is 0.481 e. The van der Waals surface area contributed by atoms with Gasteiger partial charge in [-0.25, -0.2) is 0 Å². The predicted octanol–water partition coefficient (Wildman–Crippen LogP) is 3.51. The van der Waals surface area contributed by atoms with E-state index in [-0.39, 0.29) is 6.42 Å². The molecule has 0 spiro atoms. The van der Waals surface area contributed by atoms with E-state index in [9.17, 15) is 4.79 Å². The Morgan fingerprint density at radius 2 is 2.10 bits per heavy atom. The minimum absolute atomic E-state index is 0.0330. The summed E-state index contributed by atoms with van der Waals surface area (Å²) in [5, 5.41) is 21.4. The number of hydrogen-bond acceptors (Lipinski definition) is 4. The number of nitrogens with one attached hydrogen (secondary N) is 1. The summed E-state index contributed by atoms with van der Waals surface area (Å²) in [5.41, 5.74) is 1.20. The molecule has 1 aromatic heterocycles. The van der Waals surface area contributed by atoms with Gasteiger partial charge < -0.3 is 10.4 Å². The number of benzene rings is 1. The Kier molecular flexibility index (Phi) is 4.61. The molecule has 6 heteroatoms. The van der Waals surface area contributed by atoms with E-state index in [2.05, 4.69) is 11.4 Å². The standard InChI is InChI=1S/C14H11ClN2O2S/c15-10-2-1-9(7-16)13(5-10)17-8-12-4-3-11(20-12)6-14(18)19/h1-5,17H,6,8H2,(H,18,19). The molecule has 2 aromatic rings. The molecule has 0 saturated heterocycles. The van der Waals surface area contributed by atoms with Crippen LogP contribution in [-0.2, 0) is 17.8 Å². The van der Waals surface area contributed by atoms with E-state index in [1.54, 1.807) is 24.3 Å². The minimum atomic E-state index is -0.840. The number of carbonyl (C=O) groups is 1. The number of nitriles is 1. The number of halogens is 1. The molecule has 2 N–H and O–H groups in total. The first kappa shape index (κ1) is 14.4. The lowest BCUT2D eigenvalue weighted by molar-refractivity contribution is -0.136. The molecule has 0 amide bonds. The van der Waals surface area contributed by atoms with Crippen LogP contribution in [0.2, 0.25) is 5.02 Å². The molecular weight excluding hydrogens is 296 g/mol. The molecule has 0 radical (unpaired) electrons. The molecule has 0 saturated carbocycles. The molecule has 0 bridgehead atoms. The van der Waals surface area contributed by atoms with Gasteiger partial charge in [0.05, 0.1) is 17.7 Å². The van der Waals surface area contributed by atoms with Crippen molar-refractivity contribution in [3.05, 3.63) is 50.7 Å². The Bertz CT molecular complexity index is 676. The van der Waals surface area contributed by atoms with E-state index in [1.165, 1.54) is 11.3 Å². The van der Waals surface area contributed by atoms with Crippen LogP contribution < -0.4 is 5.32 Å². The molecule has 0 atom stereocenters. The van der Waals surface area contributed by atoms with E-state index in [1.807, 2.05) is 6.07 Å². The summed E-state index contributed by atoms with van der Waals surface area (Å²) in [6, 6.07) is 10.8. The van der Waals surface area contributed by atoms with Gasteiger partial charge >= 0.3 is 5.97 Å². The molecule has 0 aliphatic rings. The highest BCUT2D eigenvalue weighted by atomic mass is 35.5. The fourth-order valence-corrected chi connectivity index (χ4v) is 2.82. The van der Waals surface area contributed by atoms with E-state index >= 15 is 0 Å². The lowest BCUT2D eigenvalue weighted by Crippen LogP contribution is -1.99. The van der Waals surface area contributed by atoms with Crippen molar-refractivity contribution < 1.29 is 9.90 Å². The quantitative estimate of drug-likeness (QED) is 0.886. The Morgan fingerprint density at radius 3 is 2.80 bits per heavy atom. The van der Waals surface area contributed by atoms with Gasteiger partial charge in [0.25, 0.3) is 0 Å². The van der Waals surface area contributed by atoms with Crippen LogP contribution in [0, 0.1) is 11.3 Å². The highest BCUT2D eigenvalue weighted by Crippen LogP contribution is 2.23. The van der Waals surface area contributed by atoms with E-state index in [4.69, 9.17) is 22.0 Å². The maximum atomic E-state index is 10.6. The highest BCUT2D eigenvalue weighted by molar-refractivity contribution is 7.12. The van der Waals surface area contributed by atoms with Gasteiger partial charge in [-0.2, -0.15) is 5.26 Å². The molecular formula is C14H11ClN2O2S. The summed E-state index contributed by atoms with van der Waals surface area (Å²) in [6.45, 7) is 0.527. The maximum absolute atomic E-state index is 10.6. The SMILES string of the molecule is N#Cc1ccc(Cl)cc1NCc1ccc(CC(=O)O)s1. The van der Waals surface area contributed by atoms with Gasteiger partial charge in [-0.3, -0.25) is 4.79 Å². The fraction of sp³-hybridized carbons (Fsp3) is 0.143. The average Bonchev–Trinajstić information content (AvgIpc) is 2.83. The number of carboxylic acid groups (broad SMARTS) is 1. The van der Waals surface area contributed by atoms with Gasteiger partial charge in [0.15, 0.2) is 0 Å². The van der Waals surface area contributed by atoms with Crippen LogP contribution in [0.1, 0.15) is 15.3 Å². The second-order valence-corrected chi connectivity index (χ2v) is 5.78. The van der Waals surface area contributed by atoms with Gasteiger partial charge in [0.1, 0.15) is 6.07 Å². The smallest absolute Gasteiger partial charge is 0.308 e. The zero-order valence-corrected chi connectivity index (χ0v) is 12.0. The van der Waals surface area contributed by atoms with Crippen LogP contribution >= 0.6 is 22.9 Å². The Labute approximate surface area is 125 Å². The van der Waals surface area contributed by atoms with Crippen molar-refractivity contribution in [2.24, 2.45) is 0 Å². The Hall–Kier alpha value is -2.03. The molecule has 102 valence electrons. The molecule has 0 fully saturated rings. The minimum Gasteiger partial charge on any atom is -0.481 e. The number of rotatable bonds is 5. The van der Waals surface area contributed by atoms with Crippen molar-refractivity contribution in [3.8, 4) is 6.07 Å². The third kappa shape index (κ3) is 3.73. The second-order valence-electron chi connectivity index (χ2n) is 4.09. The number of nitrogens with zero attached hydrogens (tertiary/aromatic N) is 1. The molecule has 4 nitrogen and oxygen atoms in total. The number of aliphatic carboxylic acids is 1. The number of hydrogen-bond donors (Lipinski definition) is 2. The van der Waals surface area contributed by atoms with Crippen LogP contribution in [0.4, 0.5) is 5.69 Å². The monoisotopic (exact) mass is 306 g/mol. The van der Waals surface area contributed by atoms with E-state index < -0.39 is 5.97 Å². The molecule has 0 aliphatic heterocycles. The fourth-order valence-electron chi connectivity index (χ4n) is 1.70. The summed E-state index contributed by atoms with van der Waals surface area (Å²) < 4.78 is 0. The summed E-state index contributed by atoms with van der Waals surface area (Å²) >= 11 is 7.34. The molecule has 20 heavy (non-hydrogen) atoms. The first-order chi connectivity index (χ1) is 9.58. The lowest BCUT2D eigenvalue weighted by Gasteiger charge is -2.07. The Morgan fingerprint density at radius 1 is 1.35 bits per heavy atom. The van der Waals surface area contributed by atoms with Crippen LogP contribution in [-0.4, -0.2) is 11.1 Å². The summed E-state index contributed by atoms with van der Waals surface area (Å²) in [5.74, 6) is -0.840. The number of thiophene rings is 1. The van der Waals surface area contributed by atoms with Gasteiger partial charge in [-0.05, 0) is 30.3 Å². The number of carboxylic acids is 1. The molecule has 0 aliphatic carbocycles. The zero-order valence-electron chi connectivity index (χ0n) is 10.4. The topological polar surface area (TPSA) is 73.1 Å². The second kappa shape index (κ2) is 6.42. The van der Waals surface area contributed by atoms with Crippen molar-refractivity contribution in [1.82, 2.24) is 0 Å². The molecule has 0 unspecified atom stereocenters. The van der Waals surface area contributed by atoms with Crippen LogP contribution in [0.25, 0.3) is 0 Å². The van der Waals surface area contributed by atoms with Gasteiger partial charge in [-0.1, -0.05) is 11.6 Å². The number of anilines is 1. The molecule has 2 rings (SSSR count). The third-order valence-corrected chi connectivity index (χ3v) is 3.92. The predicted molar refractivity (Wildman–Crippen MR) is 79.2 cm³/mol. The van der Waals surface area contributed by atoms with Crippen LogP contribution in [0.15, 0.2) is 30.3 Å².